The van der Waals surface area contributed by atoms with Crippen molar-refractivity contribution in [2.75, 3.05) is 0 Å². The Balaban J connectivity index is 2.39. The highest BCUT2D eigenvalue weighted by atomic mass is 19.1. The minimum atomic E-state index is -0.975. The van der Waals surface area contributed by atoms with Crippen LogP contribution in [0.3, 0.4) is 0 Å². The lowest BCUT2D eigenvalue weighted by molar-refractivity contribution is -0.140. The molecule has 1 atom stereocenters. The molecule has 1 fully saturated rings. The van der Waals surface area contributed by atoms with Crippen molar-refractivity contribution in [1.82, 2.24) is 0 Å². The van der Waals surface area contributed by atoms with Crippen molar-refractivity contribution in [3.8, 4) is 0 Å². The Bertz CT molecular complexity index is 166. The van der Waals surface area contributed by atoms with Crippen LogP contribution in [0.15, 0.2) is 0 Å². The van der Waals surface area contributed by atoms with Gasteiger partial charge in [-0.3, -0.25) is 4.79 Å². The van der Waals surface area contributed by atoms with Crippen molar-refractivity contribution in [1.29, 1.82) is 0 Å². The van der Waals surface area contributed by atoms with Crippen LogP contribution >= 0.6 is 0 Å². The van der Waals surface area contributed by atoms with Gasteiger partial charge in [0.1, 0.15) is 12.2 Å². The van der Waals surface area contributed by atoms with Gasteiger partial charge >= 0.3 is 5.97 Å². The number of hydrogen-bond donors (Lipinski definition) is 2. The SMILES string of the molecule is NC(C(=O)O)C1CCC(F)CC1. The van der Waals surface area contributed by atoms with Gasteiger partial charge in [-0.2, -0.15) is 0 Å². The average Bonchev–Trinajstić information content (AvgIpc) is 2.04. The summed E-state index contributed by atoms with van der Waals surface area (Å²) < 4.78 is 12.6. The molecular weight excluding hydrogens is 161 g/mol. The monoisotopic (exact) mass is 175 g/mol. The summed E-state index contributed by atoms with van der Waals surface area (Å²) in [4.78, 5) is 10.5. The van der Waals surface area contributed by atoms with Crippen molar-refractivity contribution in [2.24, 2.45) is 11.7 Å². The van der Waals surface area contributed by atoms with Gasteiger partial charge in [-0.1, -0.05) is 0 Å². The second-order valence-electron chi connectivity index (χ2n) is 3.38. The first-order chi connectivity index (χ1) is 5.61. The molecule has 0 aromatic carbocycles. The Morgan fingerprint density at radius 1 is 1.42 bits per heavy atom. The van der Waals surface area contributed by atoms with E-state index in [1.54, 1.807) is 0 Å². The highest BCUT2D eigenvalue weighted by molar-refractivity contribution is 5.73. The van der Waals surface area contributed by atoms with Gasteiger partial charge < -0.3 is 10.8 Å². The Kier molecular flexibility index (Phi) is 3.03. The van der Waals surface area contributed by atoms with E-state index in [1.165, 1.54) is 0 Å². The third-order valence-corrected chi connectivity index (χ3v) is 2.49. The van der Waals surface area contributed by atoms with Crippen LogP contribution in [-0.4, -0.2) is 23.3 Å². The van der Waals surface area contributed by atoms with Crippen LogP contribution in [0.4, 0.5) is 4.39 Å². The van der Waals surface area contributed by atoms with E-state index in [0.717, 1.165) is 0 Å². The van der Waals surface area contributed by atoms with Crippen LogP contribution in [0.5, 0.6) is 0 Å². The molecule has 3 nitrogen and oxygen atoms in total. The predicted octanol–water partition coefficient (Wildman–Crippen LogP) is 0.927. The smallest absolute Gasteiger partial charge is 0.320 e. The molecule has 70 valence electrons. The van der Waals surface area contributed by atoms with E-state index in [0.29, 0.717) is 25.7 Å². The topological polar surface area (TPSA) is 63.3 Å². The van der Waals surface area contributed by atoms with E-state index in [-0.39, 0.29) is 5.92 Å². The molecule has 0 bridgehead atoms. The maximum Gasteiger partial charge on any atom is 0.320 e. The van der Waals surface area contributed by atoms with Crippen LogP contribution in [-0.2, 0) is 4.79 Å². The third kappa shape index (κ3) is 2.17. The second kappa shape index (κ2) is 3.85. The molecular formula is C8H14FNO2. The van der Waals surface area contributed by atoms with E-state index in [9.17, 15) is 9.18 Å². The fourth-order valence-corrected chi connectivity index (χ4v) is 1.64. The Morgan fingerprint density at radius 3 is 2.33 bits per heavy atom. The Morgan fingerprint density at radius 2 is 1.92 bits per heavy atom. The summed E-state index contributed by atoms with van der Waals surface area (Å²) >= 11 is 0. The van der Waals surface area contributed by atoms with E-state index in [1.807, 2.05) is 0 Å². The Labute approximate surface area is 70.7 Å². The van der Waals surface area contributed by atoms with Crippen molar-refractivity contribution in [3.05, 3.63) is 0 Å². The lowest BCUT2D eigenvalue weighted by Crippen LogP contribution is -2.39. The van der Waals surface area contributed by atoms with Gasteiger partial charge in [-0.25, -0.2) is 4.39 Å². The average molecular weight is 175 g/mol. The maximum absolute atomic E-state index is 12.6. The molecule has 3 N–H and O–H groups in total. The van der Waals surface area contributed by atoms with Gasteiger partial charge in [0, 0.05) is 0 Å². The van der Waals surface area contributed by atoms with Crippen molar-refractivity contribution in [3.63, 3.8) is 0 Å². The summed E-state index contributed by atoms with van der Waals surface area (Å²) in [5.74, 6) is -1.01. The van der Waals surface area contributed by atoms with Crippen molar-refractivity contribution < 1.29 is 14.3 Å². The molecule has 0 amide bonds. The molecule has 0 aliphatic heterocycles. The number of rotatable bonds is 2. The number of carbonyl (C=O) groups is 1. The summed E-state index contributed by atoms with van der Waals surface area (Å²) in [7, 11) is 0. The zero-order valence-electron chi connectivity index (χ0n) is 6.87. The van der Waals surface area contributed by atoms with Gasteiger partial charge in [0.05, 0.1) is 0 Å². The van der Waals surface area contributed by atoms with Crippen LogP contribution in [0.1, 0.15) is 25.7 Å². The Hall–Kier alpha value is -0.640. The standard InChI is InChI=1S/C8H14FNO2/c9-6-3-1-5(2-4-6)7(10)8(11)12/h5-7H,1-4,10H2,(H,11,12). The summed E-state index contributed by atoms with van der Waals surface area (Å²) in [6.45, 7) is 0. The van der Waals surface area contributed by atoms with Gasteiger partial charge in [-0.15, -0.1) is 0 Å². The summed E-state index contributed by atoms with van der Waals surface area (Å²) in [6, 6.07) is -0.808. The van der Waals surface area contributed by atoms with Crippen LogP contribution < -0.4 is 5.73 Å². The molecule has 0 aromatic rings. The molecule has 0 radical (unpaired) electrons. The zero-order chi connectivity index (χ0) is 9.14. The molecule has 4 heteroatoms. The normalized spacial score (nSPS) is 32.8. The number of aliphatic carboxylic acids is 1. The number of hydrogen-bond acceptors (Lipinski definition) is 2. The number of halogens is 1. The largest absolute Gasteiger partial charge is 0.480 e. The minimum Gasteiger partial charge on any atom is -0.480 e. The molecule has 12 heavy (non-hydrogen) atoms. The molecule has 0 heterocycles. The predicted molar refractivity (Wildman–Crippen MR) is 42.5 cm³/mol. The summed E-state index contributed by atoms with van der Waals surface area (Å²) in [5.41, 5.74) is 5.41. The van der Waals surface area contributed by atoms with Crippen molar-refractivity contribution in [2.45, 2.75) is 37.9 Å². The number of carboxylic acids is 1. The van der Waals surface area contributed by atoms with E-state index >= 15 is 0 Å². The number of nitrogens with two attached hydrogens (primary N) is 1. The van der Waals surface area contributed by atoms with Gasteiger partial charge in [0.2, 0.25) is 0 Å². The molecule has 1 rings (SSSR count). The van der Waals surface area contributed by atoms with E-state index in [4.69, 9.17) is 10.8 Å². The highest BCUT2D eigenvalue weighted by Gasteiger charge is 2.28. The maximum atomic E-state index is 12.6. The fourth-order valence-electron chi connectivity index (χ4n) is 1.64. The fraction of sp³-hybridized carbons (Fsp3) is 0.875. The third-order valence-electron chi connectivity index (χ3n) is 2.49. The first-order valence-corrected chi connectivity index (χ1v) is 4.23. The minimum absolute atomic E-state index is 0.0329. The number of alkyl halides is 1. The lowest BCUT2D eigenvalue weighted by Gasteiger charge is -2.26. The molecule has 0 spiro atoms. The first-order valence-electron chi connectivity index (χ1n) is 4.23. The van der Waals surface area contributed by atoms with E-state index in [2.05, 4.69) is 0 Å². The lowest BCUT2D eigenvalue weighted by atomic mass is 9.83. The molecule has 0 saturated heterocycles. The highest BCUT2D eigenvalue weighted by Crippen LogP contribution is 2.27. The first kappa shape index (κ1) is 9.45. The summed E-state index contributed by atoms with van der Waals surface area (Å²) in [5, 5.41) is 8.58. The van der Waals surface area contributed by atoms with Crippen LogP contribution in [0, 0.1) is 5.92 Å². The molecule has 1 unspecified atom stereocenters. The molecule has 0 aromatic heterocycles. The van der Waals surface area contributed by atoms with Gasteiger partial charge in [-0.05, 0) is 31.6 Å². The second-order valence-corrected chi connectivity index (χ2v) is 3.38. The molecule has 1 aliphatic rings. The van der Waals surface area contributed by atoms with E-state index < -0.39 is 18.2 Å². The number of carboxylic acid groups (broad SMARTS) is 1. The molecule has 1 saturated carbocycles. The molecule has 1 aliphatic carbocycles. The van der Waals surface area contributed by atoms with Crippen LogP contribution in [0.2, 0.25) is 0 Å². The quantitative estimate of drug-likeness (QED) is 0.656. The summed E-state index contributed by atoms with van der Waals surface area (Å²) in [6.07, 6.45) is 1.39. The van der Waals surface area contributed by atoms with Gasteiger partial charge in [0.25, 0.3) is 0 Å². The zero-order valence-corrected chi connectivity index (χ0v) is 6.87. The van der Waals surface area contributed by atoms with Gasteiger partial charge in [0.15, 0.2) is 0 Å². The van der Waals surface area contributed by atoms with Crippen LogP contribution in [0.25, 0.3) is 0 Å². The van der Waals surface area contributed by atoms with Crippen molar-refractivity contribution >= 4 is 5.97 Å².